The number of hydrogen-bond donors (Lipinski definition) is 6. The molecule has 2 aromatic carbocycles. The first-order valence-corrected chi connectivity index (χ1v) is 16.9. The summed E-state index contributed by atoms with van der Waals surface area (Å²) in [5.74, 6) is 0.443. The third kappa shape index (κ3) is 11.0. The van der Waals surface area contributed by atoms with E-state index >= 15 is 0 Å². The fraction of sp³-hybridized carbons (Fsp3) is 0.600. The van der Waals surface area contributed by atoms with Crippen LogP contribution in [-0.2, 0) is 43.1 Å². The predicted molar refractivity (Wildman–Crippen MR) is 163 cm³/mol. The Hall–Kier alpha value is -1.66. The van der Waals surface area contributed by atoms with E-state index in [0.717, 1.165) is 0 Å². The Morgan fingerprint density at radius 2 is 0.650 bits per heavy atom. The van der Waals surface area contributed by atoms with E-state index in [-0.39, 0.29) is 45.5 Å². The Balaban J connectivity index is 0.000000400. The van der Waals surface area contributed by atoms with Gasteiger partial charge in [-0.2, -0.15) is 0 Å². The molecule has 0 radical (unpaired) electrons. The second kappa shape index (κ2) is 11.9. The van der Waals surface area contributed by atoms with E-state index in [1.165, 1.54) is 0 Å². The molecule has 10 heteroatoms. The molecule has 0 aliphatic rings. The van der Waals surface area contributed by atoms with Crippen molar-refractivity contribution in [3.05, 3.63) is 57.6 Å². The number of benzene rings is 2. The first kappa shape index (κ1) is 36.4. The van der Waals surface area contributed by atoms with Gasteiger partial charge in [0, 0.05) is 0 Å². The Kier molecular flexibility index (Phi) is 10.8. The highest BCUT2D eigenvalue weighted by Crippen LogP contribution is 2.46. The quantitative estimate of drug-likeness (QED) is 0.199. The molecule has 8 nitrogen and oxygen atoms in total. The maximum Gasteiger partial charge on any atom is 0.329 e. The number of aromatic hydroxyl groups is 2. The molecule has 0 spiro atoms. The van der Waals surface area contributed by atoms with Gasteiger partial charge in [0.15, 0.2) is 0 Å². The van der Waals surface area contributed by atoms with E-state index in [9.17, 15) is 38.9 Å². The lowest BCUT2D eigenvalue weighted by atomic mass is 9.78. The molecule has 6 N–H and O–H groups in total. The highest BCUT2D eigenvalue weighted by Gasteiger charge is 2.29. The fourth-order valence-corrected chi connectivity index (χ4v) is 5.65. The molecule has 0 aliphatic heterocycles. The molecule has 2 aromatic rings. The molecule has 0 fully saturated rings. The molecular formula is C30H50O8P2. The zero-order valence-electron chi connectivity index (χ0n) is 26.1. The van der Waals surface area contributed by atoms with Crippen LogP contribution in [0.25, 0.3) is 0 Å². The number of hydrogen-bond acceptors (Lipinski definition) is 4. The zero-order valence-corrected chi connectivity index (χ0v) is 27.9. The molecule has 2 rings (SSSR count). The van der Waals surface area contributed by atoms with Crippen LogP contribution >= 0.6 is 15.2 Å². The molecule has 0 aromatic heterocycles. The van der Waals surface area contributed by atoms with Crippen LogP contribution in [0.4, 0.5) is 0 Å². The minimum Gasteiger partial charge on any atom is -0.507 e. The van der Waals surface area contributed by atoms with Gasteiger partial charge in [0.2, 0.25) is 0 Å². The topological polar surface area (TPSA) is 156 Å². The van der Waals surface area contributed by atoms with Crippen molar-refractivity contribution in [2.45, 2.75) is 117 Å². The van der Waals surface area contributed by atoms with Gasteiger partial charge >= 0.3 is 15.2 Å². The van der Waals surface area contributed by atoms with Gasteiger partial charge in [-0.05, 0) is 55.0 Å². The molecule has 0 heterocycles. The highest BCUT2D eigenvalue weighted by atomic mass is 31.2. The summed E-state index contributed by atoms with van der Waals surface area (Å²) in [4.78, 5) is 36.7. The largest absolute Gasteiger partial charge is 0.507 e. The van der Waals surface area contributed by atoms with Gasteiger partial charge in [0.05, 0.1) is 12.3 Å². The maximum absolute atomic E-state index is 11.2. The fourth-order valence-electron chi connectivity index (χ4n) is 4.33. The van der Waals surface area contributed by atoms with Crippen LogP contribution in [0.15, 0.2) is 24.3 Å². The molecule has 0 saturated carbocycles. The van der Waals surface area contributed by atoms with E-state index in [4.69, 9.17) is 0 Å². The summed E-state index contributed by atoms with van der Waals surface area (Å²) in [6, 6.07) is 6.79. The van der Waals surface area contributed by atoms with Crippen molar-refractivity contribution in [3.8, 4) is 11.5 Å². The number of phenolic OH excluding ortho intramolecular Hbond substituents is 2. The van der Waals surface area contributed by atoms with Crippen LogP contribution in [-0.4, -0.2) is 29.8 Å². The molecule has 228 valence electrons. The molecule has 0 saturated heterocycles. The average molecular weight is 601 g/mol. The SMILES string of the molecule is CC(C)(C)c1cc(CP(=O)(O)O)cc(C(C)(C)C)c1O.CC(C)(C)c1cc(CP(=O)(O)O)cc(C(C)(C)C)c1O. The van der Waals surface area contributed by atoms with E-state index in [1.54, 1.807) is 24.3 Å². The second-order valence-electron chi connectivity index (χ2n) is 14.7. The van der Waals surface area contributed by atoms with Gasteiger partial charge in [0.25, 0.3) is 0 Å². The van der Waals surface area contributed by atoms with Gasteiger partial charge < -0.3 is 29.8 Å². The lowest BCUT2D eigenvalue weighted by molar-refractivity contribution is 0.369. The monoisotopic (exact) mass is 600 g/mol. The van der Waals surface area contributed by atoms with Gasteiger partial charge in [0.1, 0.15) is 11.5 Å². The van der Waals surface area contributed by atoms with Crippen molar-refractivity contribution in [3.63, 3.8) is 0 Å². The predicted octanol–water partition coefficient (Wildman–Crippen LogP) is 7.33. The first-order valence-electron chi connectivity index (χ1n) is 13.3. The van der Waals surface area contributed by atoms with Crippen LogP contribution in [0.2, 0.25) is 0 Å². The normalized spacial score (nSPS) is 13.6. The Morgan fingerprint density at radius 1 is 0.475 bits per heavy atom. The van der Waals surface area contributed by atoms with E-state index in [2.05, 4.69) is 0 Å². The Morgan fingerprint density at radius 3 is 0.775 bits per heavy atom. The van der Waals surface area contributed by atoms with Crippen molar-refractivity contribution in [1.29, 1.82) is 0 Å². The third-order valence-corrected chi connectivity index (χ3v) is 7.90. The summed E-state index contributed by atoms with van der Waals surface area (Å²) in [5, 5.41) is 21.0. The molecule has 0 atom stereocenters. The number of phenols is 2. The zero-order chi connectivity index (χ0) is 31.9. The van der Waals surface area contributed by atoms with Gasteiger partial charge in [-0.15, -0.1) is 0 Å². The van der Waals surface area contributed by atoms with Crippen molar-refractivity contribution in [2.24, 2.45) is 0 Å². The maximum atomic E-state index is 11.2. The van der Waals surface area contributed by atoms with Crippen molar-refractivity contribution in [1.82, 2.24) is 0 Å². The van der Waals surface area contributed by atoms with Crippen molar-refractivity contribution >= 4 is 15.2 Å². The summed E-state index contributed by atoms with van der Waals surface area (Å²) >= 11 is 0. The van der Waals surface area contributed by atoms with Gasteiger partial charge in [-0.1, -0.05) is 107 Å². The molecule has 0 aliphatic carbocycles. The summed E-state index contributed by atoms with van der Waals surface area (Å²) in [7, 11) is -8.26. The first-order chi connectivity index (χ1) is 17.4. The third-order valence-electron chi connectivity index (χ3n) is 6.35. The lowest BCUT2D eigenvalue weighted by Gasteiger charge is -2.28. The van der Waals surface area contributed by atoms with Crippen molar-refractivity contribution < 1.29 is 38.9 Å². The summed E-state index contributed by atoms with van der Waals surface area (Å²) in [5.41, 5.74) is 2.80. The van der Waals surface area contributed by atoms with Crippen LogP contribution in [0.5, 0.6) is 11.5 Å². The van der Waals surface area contributed by atoms with Crippen LogP contribution < -0.4 is 0 Å². The Labute approximate surface area is 240 Å². The van der Waals surface area contributed by atoms with E-state index in [0.29, 0.717) is 33.4 Å². The van der Waals surface area contributed by atoms with Crippen LogP contribution in [0.3, 0.4) is 0 Å². The lowest BCUT2D eigenvalue weighted by Crippen LogP contribution is -2.18. The molecular weight excluding hydrogens is 550 g/mol. The standard InChI is InChI=1S/2C15H25O4P/c2*1-14(2,3)11-7-10(9-20(17,18)19)8-12(13(11)16)15(4,5)6/h2*7-8,16H,9H2,1-6H3,(H2,17,18,19). The van der Waals surface area contributed by atoms with E-state index < -0.39 is 15.2 Å². The van der Waals surface area contributed by atoms with Crippen LogP contribution in [0.1, 0.15) is 116 Å². The second-order valence-corrected chi connectivity index (χ2v) is 18.0. The number of rotatable bonds is 4. The summed E-state index contributed by atoms with van der Waals surface area (Å²) in [6.07, 6.45) is -0.612. The molecule has 0 unspecified atom stereocenters. The summed E-state index contributed by atoms with van der Waals surface area (Å²) in [6.45, 7) is 23.6. The molecule has 40 heavy (non-hydrogen) atoms. The Bertz CT molecular complexity index is 1120. The minimum absolute atomic E-state index is 0.222. The smallest absolute Gasteiger partial charge is 0.329 e. The van der Waals surface area contributed by atoms with Gasteiger partial charge in [-0.25, -0.2) is 0 Å². The molecule has 0 bridgehead atoms. The van der Waals surface area contributed by atoms with E-state index in [1.807, 2.05) is 83.1 Å². The average Bonchev–Trinajstić information content (AvgIpc) is 2.65. The van der Waals surface area contributed by atoms with Gasteiger partial charge in [-0.3, -0.25) is 9.13 Å². The summed E-state index contributed by atoms with van der Waals surface area (Å²) < 4.78 is 22.5. The van der Waals surface area contributed by atoms with Crippen LogP contribution in [0, 0.1) is 0 Å². The highest BCUT2D eigenvalue weighted by molar-refractivity contribution is 7.51. The van der Waals surface area contributed by atoms with Crippen molar-refractivity contribution in [2.75, 3.05) is 0 Å². The minimum atomic E-state index is -4.13. The molecule has 0 amide bonds.